The van der Waals surface area contributed by atoms with Crippen molar-refractivity contribution in [2.75, 3.05) is 0 Å². The summed E-state index contributed by atoms with van der Waals surface area (Å²) in [5, 5.41) is 0.687. The number of nitrogens with zero attached hydrogens (tertiary/aromatic N) is 2. The fraction of sp³-hybridized carbons (Fsp3) is 0.0500. The molecule has 3 nitrogen and oxygen atoms in total. The minimum Gasteiger partial charge on any atom is -0.367 e. The van der Waals surface area contributed by atoms with Crippen LogP contribution in [0.5, 0.6) is 0 Å². The second-order valence-electron chi connectivity index (χ2n) is 5.77. The highest BCUT2D eigenvalue weighted by Crippen LogP contribution is 2.37. The number of nitrogens with one attached hydrogen (secondary N) is 1. The molecule has 0 saturated heterocycles. The Bertz CT molecular complexity index is 974. The molecule has 25 heavy (non-hydrogen) atoms. The molecular weight excluding hydrogens is 337 g/mol. The molecule has 0 aliphatic carbocycles. The molecule has 0 amide bonds. The molecule has 0 radical (unpaired) electrons. The number of imidazole rings is 1. The van der Waals surface area contributed by atoms with Gasteiger partial charge in [-0.15, -0.1) is 0 Å². The van der Waals surface area contributed by atoms with Crippen molar-refractivity contribution >= 4 is 11.6 Å². The normalized spacial score (nSPS) is 12.2. The van der Waals surface area contributed by atoms with Crippen LogP contribution in [0.3, 0.4) is 0 Å². The molecule has 0 aliphatic heterocycles. The highest BCUT2D eigenvalue weighted by molar-refractivity contribution is 6.33. The third-order valence-electron chi connectivity index (χ3n) is 4.24. The quantitative estimate of drug-likeness (QED) is 0.531. The summed E-state index contributed by atoms with van der Waals surface area (Å²) in [6.45, 7) is 0. The average Bonchev–Trinajstić information content (AvgIpc) is 3.30. The molecule has 0 saturated carbocycles. The van der Waals surface area contributed by atoms with Crippen LogP contribution in [0.4, 0.5) is 4.39 Å². The van der Waals surface area contributed by atoms with Gasteiger partial charge in [0.05, 0.1) is 12.4 Å². The summed E-state index contributed by atoms with van der Waals surface area (Å²) in [4.78, 5) is 7.35. The maximum Gasteiger partial charge on any atom is 0.123 e. The Hall–Kier alpha value is -2.85. The second-order valence-corrected chi connectivity index (χ2v) is 6.18. The highest BCUT2D eigenvalue weighted by Gasteiger charge is 2.21. The summed E-state index contributed by atoms with van der Waals surface area (Å²) in [5.41, 5.74) is 3.96. The van der Waals surface area contributed by atoms with Gasteiger partial charge >= 0.3 is 0 Å². The van der Waals surface area contributed by atoms with Gasteiger partial charge in [-0.1, -0.05) is 41.9 Å². The number of aromatic amines is 1. The Morgan fingerprint density at radius 1 is 1.00 bits per heavy atom. The van der Waals surface area contributed by atoms with E-state index in [4.69, 9.17) is 11.6 Å². The molecule has 1 atom stereocenters. The second kappa shape index (κ2) is 6.57. The summed E-state index contributed by atoms with van der Waals surface area (Å²) in [5.74, 6) is -0.256. The number of benzene rings is 2. The number of hydrogen-bond acceptors (Lipinski definition) is 1. The van der Waals surface area contributed by atoms with Crippen molar-refractivity contribution in [3.8, 4) is 11.1 Å². The Balaban J connectivity index is 1.89. The van der Waals surface area contributed by atoms with E-state index in [-0.39, 0.29) is 11.9 Å². The van der Waals surface area contributed by atoms with Gasteiger partial charge in [0.2, 0.25) is 0 Å². The van der Waals surface area contributed by atoms with Gasteiger partial charge in [0.1, 0.15) is 5.82 Å². The molecule has 0 spiro atoms. The van der Waals surface area contributed by atoms with E-state index in [1.807, 2.05) is 47.4 Å². The molecule has 2 heterocycles. The lowest BCUT2D eigenvalue weighted by Crippen LogP contribution is -2.11. The van der Waals surface area contributed by atoms with E-state index in [1.165, 1.54) is 12.1 Å². The van der Waals surface area contributed by atoms with Gasteiger partial charge in [-0.25, -0.2) is 9.37 Å². The van der Waals surface area contributed by atoms with Crippen LogP contribution in [-0.2, 0) is 0 Å². The molecule has 2 aromatic carbocycles. The van der Waals surface area contributed by atoms with Crippen molar-refractivity contribution in [2.24, 2.45) is 0 Å². The smallest absolute Gasteiger partial charge is 0.123 e. The predicted octanol–water partition coefficient (Wildman–Crippen LogP) is 5.31. The van der Waals surface area contributed by atoms with E-state index in [1.54, 1.807) is 24.7 Å². The fourth-order valence-electron chi connectivity index (χ4n) is 3.09. The molecule has 0 bridgehead atoms. The highest BCUT2D eigenvalue weighted by atomic mass is 35.5. The lowest BCUT2D eigenvalue weighted by atomic mass is 9.94. The van der Waals surface area contributed by atoms with Crippen LogP contribution in [0.15, 0.2) is 79.6 Å². The zero-order chi connectivity index (χ0) is 17.2. The summed E-state index contributed by atoms with van der Waals surface area (Å²) < 4.78 is 15.4. The summed E-state index contributed by atoms with van der Waals surface area (Å²) in [7, 11) is 0. The Kier molecular flexibility index (Phi) is 4.12. The largest absolute Gasteiger partial charge is 0.367 e. The first-order chi connectivity index (χ1) is 12.2. The predicted molar refractivity (Wildman–Crippen MR) is 97.1 cm³/mol. The van der Waals surface area contributed by atoms with Crippen LogP contribution >= 0.6 is 11.6 Å². The van der Waals surface area contributed by atoms with Crippen LogP contribution in [0, 0.1) is 5.82 Å². The lowest BCUT2D eigenvalue weighted by molar-refractivity contribution is 0.622. The summed E-state index contributed by atoms with van der Waals surface area (Å²) in [6.07, 6.45) is 9.28. The third-order valence-corrected chi connectivity index (χ3v) is 4.57. The molecule has 4 aromatic rings. The van der Waals surface area contributed by atoms with Crippen LogP contribution in [-0.4, -0.2) is 14.5 Å². The van der Waals surface area contributed by atoms with Gasteiger partial charge in [0.25, 0.3) is 0 Å². The number of aromatic nitrogens is 3. The van der Waals surface area contributed by atoms with E-state index in [9.17, 15) is 4.39 Å². The molecule has 0 fully saturated rings. The number of H-pyrrole nitrogens is 1. The number of hydrogen-bond donors (Lipinski definition) is 1. The molecule has 5 heteroatoms. The van der Waals surface area contributed by atoms with Gasteiger partial charge in [0, 0.05) is 46.5 Å². The van der Waals surface area contributed by atoms with Crippen molar-refractivity contribution in [3.05, 3.63) is 102 Å². The SMILES string of the molecule is Fc1ccc([C@@H](c2c[nH]cc2-c2ccccc2Cl)n2ccnc2)cc1. The van der Waals surface area contributed by atoms with Gasteiger partial charge < -0.3 is 9.55 Å². The van der Waals surface area contributed by atoms with Crippen molar-refractivity contribution in [1.29, 1.82) is 0 Å². The van der Waals surface area contributed by atoms with E-state index < -0.39 is 0 Å². The third kappa shape index (κ3) is 2.96. The molecule has 0 unspecified atom stereocenters. The molecule has 2 aromatic heterocycles. The zero-order valence-corrected chi connectivity index (χ0v) is 14.0. The standard InChI is InChI=1S/C20H15ClFN3/c21-19-4-2-1-3-16(19)17-11-24-12-18(17)20(25-10-9-23-13-25)14-5-7-15(22)8-6-14/h1-13,20,24H/t20-/m0/s1. The first-order valence-corrected chi connectivity index (χ1v) is 8.26. The van der Waals surface area contributed by atoms with Crippen LogP contribution in [0.25, 0.3) is 11.1 Å². The maximum atomic E-state index is 13.4. The van der Waals surface area contributed by atoms with Gasteiger partial charge in [0.15, 0.2) is 0 Å². The van der Waals surface area contributed by atoms with Crippen molar-refractivity contribution in [1.82, 2.24) is 14.5 Å². The van der Waals surface area contributed by atoms with Crippen LogP contribution < -0.4 is 0 Å². The van der Waals surface area contributed by atoms with Gasteiger partial charge in [-0.3, -0.25) is 0 Å². The molecule has 0 aliphatic rings. The molecule has 124 valence electrons. The molecule has 4 rings (SSSR count). The zero-order valence-electron chi connectivity index (χ0n) is 13.2. The first-order valence-electron chi connectivity index (χ1n) is 7.88. The topological polar surface area (TPSA) is 33.6 Å². The van der Waals surface area contributed by atoms with E-state index >= 15 is 0 Å². The van der Waals surface area contributed by atoms with E-state index in [2.05, 4.69) is 9.97 Å². The summed E-state index contributed by atoms with van der Waals surface area (Å²) >= 11 is 6.40. The van der Waals surface area contributed by atoms with Crippen LogP contribution in [0.1, 0.15) is 17.2 Å². The number of halogens is 2. The minimum absolute atomic E-state index is 0.138. The van der Waals surface area contributed by atoms with E-state index in [0.717, 1.165) is 22.3 Å². The Morgan fingerprint density at radius 2 is 1.80 bits per heavy atom. The van der Waals surface area contributed by atoms with Gasteiger partial charge in [-0.05, 0) is 23.8 Å². The van der Waals surface area contributed by atoms with Crippen LogP contribution in [0.2, 0.25) is 5.02 Å². The number of rotatable bonds is 4. The lowest BCUT2D eigenvalue weighted by Gasteiger charge is -2.20. The molecule has 1 N–H and O–H groups in total. The van der Waals surface area contributed by atoms with Crippen molar-refractivity contribution in [3.63, 3.8) is 0 Å². The molecular formula is C20H15ClFN3. The Morgan fingerprint density at radius 3 is 2.52 bits per heavy atom. The van der Waals surface area contributed by atoms with Gasteiger partial charge in [-0.2, -0.15) is 0 Å². The van der Waals surface area contributed by atoms with Crippen molar-refractivity contribution in [2.45, 2.75) is 6.04 Å². The summed E-state index contributed by atoms with van der Waals surface area (Å²) in [6, 6.07) is 14.1. The Labute approximate surface area is 149 Å². The monoisotopic (exact) mass is 351 g/mol. The van der Waals surface area contributed by atoms with Crippen molar-refractivity contribution < 1.29 is 4.39 Å². The average molecular weight is 352 g/mol. The fourth-order valence-corrected chi connectivity index (χ4v) is 3.33. The first kappa shape index (κ1) is 15.7. The van der Waals surface area contributed by atoms with E-state index in [0.29, 0.717) is 5.02 Å². The maximum absolute atomic E-state index is 13.4. The minimum atomic E-state index is -0.256.